The minimum atomic E-state index is -0.523. The van der Waals surface area contributed by atoms with Crippen LogP contribution in [0.2, 0.25) is 0 Å². The summed E-state index contributed by atoms with van der Waals surface area (Å²) in [5.41, 5.74) is 1.89. The molecule has 1 aliphatic heterocycles. The number of H-pyrrole nitrogens is 1. The number of aromatic nitrogens is 1. The maximum Gasteiger partial charge on any atom is 0.339 e. The number of rotatable bonds is 3. The van der Waals surface area contributed by atoms with Gasteiger partial charge in [-0.3, -0.25) is 9.69 Å². The molecule has 0 aliphatic carbocycles. The number of nitrogens with one attached hydrogen (secondary N) is 1. The highest BCUT2D eigenvalue weighted by Gasteiger charge is 2.38. The number of anilines is 1. The zero-order chi connectivity index (χ0) is 17.3. The number of amides is 1. The van der Waals surface area contributed by atoms with Crippen LogP contribution in [0.5, 0.6) is 0 Å². The van der Waals surface area contributed by atoms with Crippen molar-refractivity contribution in [1.29, 1.82) is 0 Å². The summed E-state index contributed by atoms with van der Waals surface area (Å²) in [7, 11) is 3.02. The van der Waals surface area contributed by atoms with Crippen molar-refractivity contribution in [2.45, 2.75) is 0 Å². The Hall–Kier alpha value is -2.93. The lowest BCUT2D eigenvalue weighted by Gasteiger charge is -2.18. The summed E-state index contributed by atoms with van der Waals surface area (Å²) in [4.78, 5) is 30.8. The lowest BCUT2D eigenvalue weighted by molar-refractivity contribution is -0.114. The van der Waals surface area contributed by atoms with Crippen molar-refractivity contribution in [3.8, 4) is 0 Å². The van der Waals surface area contributed by atoms with E-state index in [1.54, 1.807) is 48.5 Å². The summed E-state index contributed by atoms with van der Waals surface area (Å²) in [6.07, 6.45) is 3.49. The molecular formula is C17H15N3O3S. The number of aromatic amines is 1. The zero-order valence-electron chi connectivity index (χ0n) is 13.1. The zero-order valence-corrected chi connectivity index (χ0v) is 14.0. The average Bonchev–Trinajstić information content (AvgIpc) is 3.18. The summed E-state index contributed by atoms with van der Waals surface area (Å²) in [5, 5.41) is 0.300. The number of nitrogens with zero attached hydrogens (tertiary/aromatic N) is 2. The summed E-state index contributed by atoms with van der Waals surface area (Å²) < 4.78 is 4.79. The van der Waals surface area contributed by atoms with Gasteiger partial charge in [-0.1, -0.05) is 12.1 Å². The number of thiocarbonyl (C=S) groups is 1. The quantitative estimate of drug-likeness (QED) is 0.528. The van der Waals surface area contributed by atoms with Gasteiger partial charge in [-0.2, -0.15) is 0 Å². The topological polar surface area (TPSA) is 65.6 Å². The number of likely N-dealkylation sites (N-methyl/N-ethyl adjacent to an activating group) is 1. The van der Waals surface area contributed by atoms with Crippen LogP contribution in [0.25, 0.3) is 6.08 Å². The number of methoxy groups -OCH3 is 1. The van der Waals surface area contributed by atoms with Gasteiger partial charge in [0, 0.05) is 18.9 Å². The fourth-order valence-corrected chi connectivity index (χ4v) is 2.78. The Bertz CT molecular complexity index is 843. The molecule has 1 aromatic heterocycles. The molecule has 1 aromatic carbocycles. The molecule has 0 bridgehead atoms. The van der Waals surface area contributed by atoms with Crippen LogP contribution in [0.4, 0.5) is 5.69 Å². The molecule has 1 fully saturated rings. The van der Waals surface area contributed by atoms with Gasteiger partial charge < -0.3 is 14.6 Å². The van der Waals surface area contributed by atoms with E-state index in [-0.39, 0.29) is 11.5 Å². The van der Waals surface area contributed by atoms with E-state index in [0.717, 1.165) is 5.69 Å². The van der Waals surface area contributed by atoms with E-state index in [2.05, 4.69) is 4.98 Å². The third-order valence-electron chi connectivity index (χ3n) is 3.73. The first-order valence-electron chi connectivity index (χ1n) is 7.19. The van der Waals surface area contributed by atoms with Crippen LogP contribution in [0.3, 0.4) is 0 Å². The molecule has 24 heavy (non-hydrogen) atoms. The van der Waals surface area contributed by atoms with Crippen LogP contribution in [-0.2, 0) is 9.53 Å². The molecule has 0 unspecified atom stereocenters. The summed E-state index contributed by atoms with van der Waals surface area (Å²) in [5.74, 6) is -0.820. The lowest BCUT2D eigenvalue weighted by atomic mass is 10.1. The molecule has 2 aromatic rings. The molecule has 1 aliphatic rings. The van der Waals surface area contributed by atoms with Gasteiger partial charge in [-0.05, 0) is 42.6 Å². The molecular weight excluding hydrogens is 326 g/mol. The molecule has 122 valence electrons. The predicted molar refractivity (Wildman–Crippen MR) is 94.4 cm³/mol. The fourth-order valence-electron chi connectivity index (χ4n) is 2.50. The Balaban J connectivity index is 2.06. The molecule has 1 saturated heterocycles. The van der Waals surface area contributed by atoms with Crippen molar-refractivity contribution in [3.05, 3.63) is 59.5 Å². The van der Waals surface area contributed by atoms with Gasteiger partial charge in [0.25, 0.3) is 5.91 Å². The fraction of sp³-hybridized carbons (Fsp3) is 0.118. The Morgan fingerprint density at radius 2 is 2.00 bits per heavy atom. The monoisotopic (exact) mass is 341 g/mol. The number of hydrogen-bond donors (Lipinski definition) is 1. The Morgan fingerprint density at radius 3 is 2.67 bits per heavy atom. The van der Waals surface area contributed by atoms with E-state index in [9.17, 15) is 9.59 Å². The molecule has 1 N–H and O–H groups in total. The minimum absolute atomic E-state index is 0.283. The highest BCUT2D eigenvalue weighted by Crippen LogP contribution is 2.30. The lowest BCUT2D eigenvalue weighted by Crippen LogP contribution is -2.32. The molecule has 0 spiro atoms. The van der Waals surface area contributed by atoms with Crippen molar-refractivity contribution in [2.24, 2.45) is 0 Å². The van der Waals surface area contributed by atoms with Crippen molar-refractivity contribution < 1.29 is 14.3 Å². The SMILES string of the molecule is COC(=O)c1ccccc1N1C(=O)/C(=C\c2ccc[nH]2)N(C)C1=S. The smallest absolute Gasteiger partial charge is 0.339 e. The number of benzene rings is 1. The highest BCUT2D eigenvalue weighted by atomic mass is 32.1. The van der Waals surface area contributed by atoms with E-state index < -0.39 is 5.97 Å². The van der Waals surface area contributed by atoms with Gasteiger partial charge >= 0.3 is 5.97 Å². The Labute approximate surface area is 144 Å². The normalized spacial score (nSPS) is 16.2. The maximum absolute atomic E-state index is 12.9. The van der Waals surface area contributed by atoms with Crippen LogP contribution in [0.15, 0.2) is 48.3 Å². The van der Waals surface area contributed by atoms with Crippen LogP contribution >= 0.6 is 12.2 Å². The van der Waals surface area contributed by atoms with Crippen LogP contribution in [0, 0.1) is 0 Å². The van der Waals surface area contributed by atoms with Gasteiger partial charge in [0.05, 0.1) is 18.4 Å². The molecule has 0 atom stereocenters. The third-order valence-corrected chi connectivity index (χ3v) is 4.18. The molecule has 2 heterocycles. The van der Waals surface area contributed by atoms with E-state index in [1.807, 2.05) is 12.1 Å². The second kappa shape index (κ2) is 6.29. The van der Waals surface area contributed by atoms with Crippen molar-refractivity contribution in [3.63, 3.8) is 0 Å². The first kappa shape index (κ1) is 15.9. The van der Waals surface area contributed by atoms with Crippen LogP contribution in [0.1, 0.15) is 16.1 Å². The number of carbonyl (C=O) groups is 2. The van der Waals surface area contributed by atoms with Gasteiger partial charge in [0.2, 0.25) is 0 Å². The number of ether oxygens (including phenoxy) is 1. The number of esters is 1. The molecule has 0 radical (unpaired) electrons. The number of para-hydroxylation sites is 1. The summed E-state index contributed by atoms with van der Waals surface area (Å²) in [6.45, 7) is 0. The summed E-state index contributed by atoms with van der Waals surface area (Å²) in [6, 6.07) is 10.4. The minimum Gasteiger partial charge on any atom is -0.465 e. The first-order valence-corrected chi connectivity index (χ1v) is 7.60. The van der Waals surface area contributed by atoms with Crippen molar-refractivity contribution in [1.82, 2.24) is 9.88 Å². The highest BCUT2D eigenvalue weighted by molar-refractivity contribution is 7.80. The second-order valence-corrected chi connectivity index (χ2v) is 5.51. The molecule has 1 amide bonds. The predicted octanol–water partition coefficient (Wildman–Crippen LogP) is 2.41. The van der Waals surface area contributed by atoms with E-state index in [1.165, 1.54) is 12.0 Å². The number of carbonyl (C=O) groups excluding carboxylic acids is 2. The number of hydrogen-bond acceptors (Lipinski definition) is 4. The molecule has 3 rings (SSSR count). The van der Waals surface area contributed by atoms with Gasteiger partial charge in [0.15, 0.2) is 5.11 Å². The first-order chi connectivity index (χ1) is 11.5. The molecule has 7 heteroatoms. The van der Waals surface area contributed by atoms with Crippen LogP contribution in [-0.4, -0.2) is 41.0 Å². The van der Waals surface area contributed by atoms with Crippen molar-refractivity contribution in [2.75, 3.05) is 19.1 Å². The third kappa shape index (κ3) is 2.59. The van der Waals surface area contributed by atoms with Crippen molar-refractivity contribution >= 4 is 41.0 Å². The molecule has 0 saturated carbocycles. The van der Waals surface area contributed by atoms with Gasteiger partial charge in [-0.25, -0.2) is 4.79 Å². The second-order valence-electron chi connectivity index (χ2n) is 5.15. The van der Waals surface area contributed by atoms with Crippen LogP contribution < -0.4 is 4.90 Å². The Morgan fingerprint density at radius 1 is 1.25 bits per heavy atom. The van der Waals surface area contributed by atoms with E-state index in [0.29, 0.717) is 16.5 Å². The van der Waals surface area contributed by atoms with E-state index >= 15 is 0 Å². The van der Waals surface area contributed by atoms with Gasteiger partial charge in [-0.15, -0.1) is 0 Å². The average molecular weight is 341 g/mol. The largest absolute Gasteiger partial charge is 0.465 e. The standard InChI is InChI=1S/C17H15N3O3S/c1-19-14(10-11-6-5-9-18-11)15(21)20(17(19)24)13-8-4-3-7-12(13)16(22)23-2/h3-10,18H,1-2H3/b14-10+. The summed E-state index contributed by atoms with van der Waals surface area (Å²) >= 11 is 5.41. The maximum atomic E-state index is 12.9. The Kier molecular flexibility index (Phi) is 4.18. The molecule has 6 nitrogen and oxygen atoms in total. The van der Waals surface area contributed by atoms with Gasteiger partial charge in [0.1, 0.15) is 5.70 Å². The van der Waals surface area contributed by atoms with E-state index in [4.69, 9.17) is 17.0 Å².